The quantitative estimate of drug-likeness (QED) is 0.678. The summed E-state index contributed by atoms with van der Waals surface area (Å²) in [4.78, 5) is 15.2. The molecule has 0 aromatic heterocycles. The normalized spacial score (nSPS) is 11.9. The number of nitrogen functional groups attached to an aromatic ring is 1. The zero-order chi connectivity index (χ0) is 15.2. The second kappa shape index (κ2) is 7.18. The van der Waals surface area contributed by atoms with Gasteiger partial charge in [-0.2, -0.15) is 0 Å². The van der Waals surface area contributed by atoms with Crippen molar-refractivity contribution in [1.29, 1.82) is 0 Å². The monoisotopic (exact) mass is 300 g/mol. The highest BCUT2D eigenvalue weighted by Gasteiger charge is 2.17. The van der Waals surface area contributed by atoms with Crippen LogP contribution < -0.4 is 5.73 Å². The summed E-state index contributed by atoms with van der Waals surface area (Å²) in [6, 6.07) is 17.6. The van der Waals surface area contributed by atoms with Crippen LogP contribution in [0.15, 0.2) is 59.5 Å². The number of carbonyl (C=O) groups is 1. The van der Waals surface area contributed by atoms with Crippen LogP contribution in [0.5, 0.6) is 0 Å². The Morgan fingerprint density at radius 1 is 1.19 bits per heavy atom. The first-order chi connectivity index (χ1) is 10.1. The molecule has 0 saturated carbocycles. The predicted octanol–water partition coefficient (Wildman–Crippen LogP) is 3.58. The van der Waals surface area contributed by atoms with Crippen molar-refractivity contribution >= 4 is 23.4 Å². The largest absolute Gasteiger partial charge is 0.399 e. The smallest absolute Gasteiger partial charge is 0.233 e. The Morgan fingerprint density at radius 2 is 1.90 bits per heavy atom. The van der Waals surface area contributed by atoms with Crippen LogP contribution in [0, 0.1) is 0 Å². The van der Waals surface area contributed by atoms with Crippen molar-refractivity contribution in [2.45, 2.75) is 17.9 Å². The first kappa shape index (κ1) is 15.4. The molecule has 1 unspecified atom stereocenters. The van der Waals surface area contributed by atoms with Gasteiger partial charge in [0.1, 0.15) is 0 Å². The van der Waals surface area contributed by atoms with Crippen molar-refractivity contribution in [2.24, 2.45) is 0 Å². The van der Waals surface area contributed by atoms with Crippen molar-refractivity contribution in [3.05, 3.63) is 60.2 Å². The lowest BCUT2D eigenvalue weighted by Crippen LogP contribution is -2.31. The molecule has 110 valence electrons. The van der Waals surface area contributed by atoms with E-state index in [0.717, 1.165) is 16.1 Å². The number of rotatable bonds is 5. The van der Waals surface area contributed by atoms with Crippen LogP contribution in [0.1, 0.15) is 18.5 Å². The van der Waals surface area contributed by atoms with E-state index >= 15 is 0 Å². The van der Waals surface area contributed by atoms with E-state index in [-0.39, 0.29) is 11.9 Å². The van der Waals surface area contributed by atoms with Crippen molar-refractivity contribution in [2.75, 3.05) is 18.5 Å². The summed E-state index contributed by atoms with van der Waals surface area (Å²) in [5.41, 5.74) is 7.57. The van der Waals surface area contributed by atoms with Crippen molar-refractivity contribution in [3.8, 4) is 0 Å². The van der Waals surface area contributed by atoms with Gasteiger partial charge in [0, 0.05) is 17.6 Å². The second-order valence-electron chi connectivity index (χ2n) is 4.95. The van der Waals surface area contributed by atoms with Gasteiger partial charge in [-0.15, -0.1) is 11.8 Å². The number of amides is 1. The number of nitrogens with zero attached hydrogens (tertiary/aromatic N) is 1. The van der Waals surface area contributed by atoms with E-state index < -0.39 is 0 Å². The third-order valence-corrected chi connectivity index (χ3v) is 4.47. The number of thioether (sulfide) groups is 1. The van der Waals surface area contributed by atoms with Gasteiger partial charge >= 0.3 is 0 Å². The molecule has 0 saturated heterocycles. The van der Waals surface area contributed by atoms with E-state index in [9.17, 15) is 4.79 Å². The van der Waals surface area contributed by atoms with Gasteiger partial charge in [-0.3, -0.25) is 4.79 Å². The average Bonchev–Trinajstić information content (AvgIpc) is 2.52. The third-order valence-electron chi connectivity index (χ3n) is 3.47. The summed E-state index contributed by atoms with van der Waals surface area (Å²) in [7, 11) is 1.84. The lowest BCUT2D eigenvalue weighted by molar-refractivity contribution is -0.128. The molecule has 3 nitrogen and oxygen atoms in total. The van der Waals surface area contributed by atoms with Crippen LogP contribution in [-0.2, 0) is 4.79 Å². The molecule has 1 atom stereocenters. The molecule has 1 amide bonds. The fourth-order valence-electron chi connectivity index (χ4n) is 2.02. The lowest BCUT2D eigenvalue weighted by atomic mass is 10.1. The molecular weight excluding hydrogens is 280 g/mol. The highest BCUT2D eigenvalue weighted by Crippen LogP contribution is 2.23. The molecule has 0 aliphatic heterocycles. The highest BCUT2D eigenvalue weighted by atomic mass is 32.2. The molecule has 2 aromatic rings. The van der Waals surface area contributed by atoms with Gasteiger partial charge in [0.15, 0.2) is 0 Å². The lowest BCUT2D eigenvalue weighted by Gasteiger charge is -2.25. The first-order valence-corrected chi connectivity index (χ1v) is 7.85. The Balaban J connectivity index is 1.95. The van der Waals surface area contributed by atoms with Gasteiger partial charge in [0.25, 0.3) is 0 Å². The van der Waals surface area contributed by atoms with E-state index in [1.54, 1.807) is 16.7 Å². The first-order valence-electron chi connectivity index (χ1n) is 6.87. The van der Waals surface area contributed by atoms with E-state index in [1.165, 1.54) is 0 Å². The zero-order valence-corrected chi connectivity index (χ0v) is 13.1. The third kappa shape index (κ3) is 4.26. The number of carbonyl (C=O) groups excluding carboxylic acids is 1. The maximum Gasteiger partial charge on any atom is 0.233 e. The molecule has 0 spiro atoms. The summed E-state index contributed by atoms with van der Waals surface area (Å²) < 4.78 is 0. The second-order valence-corrected chi connectivity index (χ2v) is 6.00. The molecule has 2 N–H and O–H groups in total. The Bertz CT molecular complexity index is 601. The Hall–Kier alpha value is -1.94. The molecular formula is C17H20N2OS. The molecule has 2 rings (SSSR count). The maximum atomic E-state index is 12.3. The molecule has 2 aromatic carbocycles. The summed E-state index contributed by atoms with van der Waals surface area (Å²) in [5, 5.41) is 0. The van der Waals surface area contributed by atoms with Crippen LogP contribution >= 0.6 is 11.8 Å². The van der Waals surface area contributed by atoms with Crippen LogP contribution in [0.2, 0.25) is 0 Å². The molecule has 0 radical (unpaired) electrons. The minimum absolute atomic E-state index is 0.0115. The fraction of sp³-hybridized carbons (Fsp3) is 0.235. The van der Waals surface area contributed by atoms with Gasteiger partial charge in [0.2, 0.25) is 5.91 Å². The maximum absolute atomic E-state index is 12.3. The van der Waals surface area contributed by atoms with Crippen LogP contribution in [0.3, 0.4) is 0 Å². The van der Waals surface area contributed by atoms with E-state index in [0.29, 0.717) is 5.75 Å². The molecule has 21 heavy (non-hydrogen) atoms. The summed E-state index contributed by atoms with van der Waals surface area (Å²) in [6.45, 7) is 2.01. The molecule has 4 heteroatoms. The SMILES string of the molecule is CC(c1cccc(N)c1)N(C)C(=O)CSc1ccccc1. The Morgan fingerprint density at radius 3 is 2.57 bits per heavy atom. The van der Waals surface area contributed by atoms with Crippen LogP contribution in [0.4, 0.5) is 5.69 Å². The predicted molar refractivity (Wildman–Crippen MR) is 89.2 cm³/mol. The van der Waals surface area contributed by atoms with Gasteiger partial charge in [-0.25, -0.2) is 0 Å². The average molecular weight is 300 g/mol. The van der Waals surface area contributed by atoms with E-state index in [4.69, 9.17) is 5.73 Å². The van der Waals surface area contributed by atoms with Crippen molar-refractivity contribution in [3.63, 3.8) is 0 Å². The van der Waals surface area contributed by atoms with Crippen LogP contribution in [0.25, 0.3) is 0 Å². The molecule has 0 aliphatic rings. The number of benzene rings is 2. The summed E-state index contributed by atoms with van der Waals surface area (Å²) in [5.74, 6) is 0.548. The summed E-state index contributed by atoms with van der Waals surface area (Å²) in [6.07, 6.45) is 0. The van der Waals surface area contributed by atoms with Crippen molar-refractivity contribution in [1.82, 2.24) is 4.90 Å². The molecule has 0 heterocycles. The summed E-state index contributed by atoms with van der Waals surface area (Å²) >= 11 is 1.56. The van der Waals surface area contributed by atoms with Crippen LogP contribution in [-0.4, -0.2) is 23.6 Å². The fourth-order valence-corrected chi connectivity index (χ4v) is 2.87. The Labute approximate surface area is 130 Å². The number of hydrogen-bond donors (Lipinski definition) is 1. The standard InChI is InChI=1S/C17H20N2OS/c1-13(14-7-6-8-15(18)11-14)19(2)17(20)12-21-16-9-4-3-5-10-16/h3-11,13H,12,18H2,1-2H3. The number of hydrogen-bond acceptors (Lipinski definition) is 3. The number of anilines is 1. The Kier molecular flexibility index (Phi) is 5.28. The van der Waals surface area contributed by atoms with Gasteiger partial charge in [-0.1, -0.05) is 30.3 Å². The molecule has 0 fully saturated rings. The van der Waals surface area contributed by atoms with Gasteiger partial charge in [0.05, 0.1) is 11.8 Å². The highest BCUT2D eigenvalue weighted by molar-refractivity contribution is 8.00. The molecule has 0 aliphatic carbocycles. The topological polar surface area (TPSA) is 46.3 Å². The molecule has 0 bridgehead atoms. The van der Waals surface area contributed by atoms with Gasteiger partial charge in [-0.05, 0) is 36.8 Å². The minimum Gasteiger partial charge on any atom is -0.399 e. The van der Waals surface area contributed by atoms with E-state index in [1.807, 2.05) is 68.6 Å². The van der Waals surface area contributed by atoms with Gasteiger partial charge < -0.3 is 10.6 Å². The zero-order valence-electron chi connectivity index (χ0n) is 12.3. The van der Waals surface area contributed by atoms with Crippen molar-refractivity contribution < 1.29 is 4.79 Å². The minimum atomic E-state index is 0.0115. The number of nitrogens with two attached hydrogens (primary N) is 1. The van der Waals surface area contributed by atoms with E-state index in [2.05, 4.69) is 0 Å².